The smallest absolute Gasteiger partial charge is 0.123 e. The Kier molecular flexibility index (Phi) is 4.77. The fourth-order valence-corrected chi connectivity index (χ4v) is 1.41. The van der Waals surface area contributed by atoms with Crippen LogP contribution in [-0.2, 0) is 6.42 Å². The molecule has 0 aromatic heterocycles. The molecule has 4 heteroatoms. The third-order valence-electron chi connectivity index (χ3n) is 1.95. The summed E-state index contributed by atoms with van der Waals surface area (Å²) in [5, 5.41) is 0.399. The van der Waals surface area contributed by atoms with Crippen LogP contribution in [0.25, 0.3) is 0 Å². The number of rotatable bonds is 5. The van der Waals surface area contributed by atoms with Gasteiger partial charge in [-0.05, 0) is 37.1 Å². The lowest BCUT2D eigenvalue weighted by Gasteiger charge is -2.12. The molecule has 2 nitrogen and oxygen atoms in total. The molecule has 2 N–H and O–H groups in total. The van der Waals surface area contributed by atoms with E-state index in [0.717, 1.165) is 5.56 Å². The van der Waals surface area contributed by atoms with Gasteiger partial charge in [0.1, 0.15) is 18.2 Å². The number of hydrogen-bond acceptors (Lipinski definition) is 2. The summed E-state index contributed by atoms with van der Waals surface area (Å²) >= 11 is 5.60. The van der Waals surface area contributed by atoms with E-state index < -0.39 is 0 Å². The highest BCUT2D eigenvalue weighted by Crippen LogP contribution is 2.21. The van der Waals surface area contributed by atoms with Gasteiger partial charge in [-0.1, -0.05) is 18.2 Å². The molecular weight excluding hydrogens is 229 g/mol. The van der Waals surface area contributed by atoms with Crippen molar-refractivity contribution in [1.82, 2.24) is 0 Å². The first-order valence-corrected chi connectivity index (χ1v) is 5.37. The monoisotopic (exact) mass is 243 g/mol. The molecule has 0 amide bonds. The van der Waals surface area contributed by atoms with Crippen LogP contribution in [0.1, 0.15) is 12.5 Å². The van der Waals surface area contributed by atoms with Gasteiger partial charge in [-0.2, -0.15) is 0 Å². The van der Waals surface area contributed by atoms with Gasteiger partial charge >= 0.3 is 0 Å². The molecule has 16 heavy (non-hydrogen) atoms. The van der Waals surface area contributed by atoms with Crippen LogP contribution in [-0.4, -0.2) is 12.6 Å². The largest absolute Gasteiger partial charge is 0.488 e. The van der Waals surface area contributed by atoms with Crippen LogP contribution in [0.15, 0.2) is 29.8 Å². The van der Waals surface area contributed by atoms with Crippen LogP contribution < -0.4 is 10.5 Å². The third-order valence-corrected chi connectivity index (χ3v) is 2.06. The fraction of sp³-hybridized carbons (Fsp3) is 0.333. The lowest BCUT2D eigenvalue weighted by molar-refractivity contribution is 0.354. The highest BCUT2D eigenvalue weighted by atomic mass is 35.5. The van der Waals surface area contributed by atoms with Gasteiger partial charge in [-0.3, -0.25) is 0 Å². The molecule has 0 aliphatic carbocycles. The van der Waals surface area contributed by atoms with Gasteiger partial charge < -0.3 is 10.5 Å². The average Bonchev–Trinajstić information content (AvgIpc) is 2.15. The van der Waals surface area contributed by atoms with Gasteiger partial charge in [0.05, 0.1) is 0 Å². The van der Waals surface area contributed by atoms with Crippen LogP contribution in [0.3, 0.4) is 0 Å². The lowest BCUT2D eigenvalue weighted by atomic mass is 10.1. The molecule has 1 unspecified atom stereocenters. The molecule has 0 saturated carbocycles. The summed E-state index contributed by atoms with van der Waals surface area (Å²) in [6.45, 7) is 5.58. The maximum Gasteiger partial charge on any atom is 0.123 e. The molecule has 0 aliphatic heterocycles. The van der Waals surface area contributed by atoms with Crippen LogP contribution in [0.5, 0.6) is 5.75 Å². The average molecular weight is 244 g/mol. The van der Waals surface area contributed by atoms with Crippen molar-refractivity contribution < 1.29 is 9.13 Å². The molecule has 0 heterocycles. The van der Waals surface area contributed by atoms with Gasteiger partial charge in [0.15, 0.2) is 0 Å². The van der Waals surface area contributed by atoms with Crippen molar-refractivity contribution in [3.63, 3.8) is 0 Å². The first-order chi connectivity index (χ1) is 7.49. The quantitative estimate of drug-likeness (QED) is 0.863. The lowest BCUT2D eigenvalue weighted by Crippen LogP contribution is -2.18. The number of nitrogens with two attached hydrogens (primary N) is 1. The Bertz CT molecular complexity index is 379. The van der Waals surface area contributed by atoms with E-state index in [9.17, 15) is 4.39 Å². The Morgan fingerprint density at radius 3 is 2.88 bits per heavy atom. The second kappa shape index (κ2) is 5.87. The van der Waals surface area contributed by atoms with Gasteiger partial charge in [0.2, 0.25) is 0 Å². The molecule has 0 aliphatic rings. The zero-order valence-electron chi connectivity index (χ0n) is 9.17. The van der Waals surface area contributed by atoms with Crippen molar-refractivity contribution in [3.8, 4) is 5.75 Å². The van der Waals surface area contributed by atoms with Gasteiger partial charge in [0, 0.05) is 11.1 Å². The SMILES string of the molecule is C=C(Cl)COc1ccc(F)cc1CC(C)N. The van der Waals surface area contributed by atoms with E-state index in [-0.39, 0.29) is 18.5 Å². The van der Waals surface area contributed by atoms with Crippen LogP contribution in [0, 0.1) is 5.82 Å². The zero-order chi connectivity index (χ0) is 12.1. The molecule has 88 valence electrons. The van der Waals surface area contributed by atoms with Crippen LogP contribution in [0.4, 0.5) is 4.39 Å². The van der Waals surface area contributed by atoms with Gasteiger partial charge in [-0.25, -0.2) is 4.39 Å². The first kappa shape index (κ1) is 13.0. The van der Waals surface area contributed by atoms with E-state index in [4.69, 9.17) is 22.1 Å². The van der Waals surface area contributed by atoms with E-state index in [1.165, 1.54) is 12.1 Å². The summed E-state index contributed by atoms with van der Waals surface area (Å²) in [7, 11) is 0. The molecule has 1 aromatic carbocycles. The van der Waals surface area contributed by atoms with E-state index in [1.54, 1.807) is 6.07 Å². The number of hydrogen-bond donors (Lipinski definition) is 1. The van der Waals surface area contributed by atoms with Crippen molar-refractivity contribution in [3.05, 3.63) is 41.2 Å². The highest BCUT2D eigenvalue weighted by molar-refractivity contribution is 6.29. The van der Waals surface area contributed by atoms with Crippen molar-refractivity contribution >= 4 is 11.6 Å². The summed E-state index contributed by atoms with van der Waals surface area (Å²) in [6.07, 6.45) is 0.557. The molecule has 0 bridgehead atoms. The van der Waals surface area contributed by atoms with Gasteiger partial charge in [0.25, 0.3) is 0 Å². The summed E-state index contributed by atoms with van der Waals surface area (Å²) in [5.41, 5.74) is 6.42. The Labute approximate surface area is 99.9 Å². The Morgan fingerprint density at radius 1 is 1.62 bits per heavy atom. The normalized spacial score (nSPS) is 12.2. The number of halogens is 2. The standard InChI is InChI=1S/C12H15ClFNO/c1-8(13)7-16-12-4-3-11(14)6-10(12)5-9(2)15/h3-4,6,9H,1,5,7,15H2,2H3. The minimum atomic E-state index is -0.298. The van der Waals surface area contributed by atoms with Crippen molar-refractivity contribution in [2.45, 2.75) is 19.4 Å². The topological polar surface area (TPSA) is 35.2 Å². The van der Waals surface area contributed by atoms with E-state index in [0.29, 0.717) is 17.2 Å². The molecule has 1 atom stereocenters. The number of ether oxygens (including phenoxy) is 1. The van der Waals surface area contributed by atoms with Crippen LogP contribution >= 0.6 is 11.6 Å². The summed E-state index contributed by atoms with van der Waals surface area (Å²) in [5.74, 6) is 0.299. The highest BCUT2D eigenvalue weighted by Gasteiger charge is 2.08. The van der Waals surface area contributed by atoms with E-state index in [2.05, 4.69) is 6.58 Å². The predicted molar refractivity (Wildman–Crippen MR) is 64.2 cm³/mol. The van der Waals surface area contributed by atoms with Crippen molar-refractivity contribution in [1.29, 1.82) is 0 Å². The van der Waals surface area contributed by atoms with Crippen molar-refractivity contribution in [2.24, 2.45) is 5.73 Å². The predicted octanol–water partition coefficient (Wildman–Crippen LogP) is 2.85. The summed E-state index contributed by atoms with van der Waals surface area (Å²) < 4.78 is 18.5. The molecule has 0 spiro atoms. The summed E-state index contributed by atoms with van der Waals surface area (Å²) in [4.78, 5) is 0. The van der Waals surface area contributed by atoms with E-state index >= 15 is 0 Å². The Balaban J connectivity index is 2.84. The molecule has 1 aromatic rings. The Morgan fingerprint density at radius 2 is 2.31 bits per heavy atom. The molecular formula is C12H15ClFNO. The minimum Gasteiger partial charge on any atom is -0.488 e. The second-order valence-electron chi connectivity index (χ2n) is 3.74. The maximum atomic E-state index is 13.1. The minimum absolute atomic E-state index is 0.0525. The molecule has 1 rings (SSSR count). The van der Waals surface area contributed by atoms with Crippen LogP contribution in [0.2, 0.25) is 0 Å². The maximum absolute atomic E-state index is 13.1. The molecule has 0 fully saturated rings. The Hall–Kier alpha value is -1.06. The third kappa shape index (κ3) is 4.21. The van der Waals surface area contributed by atoms with E-state index in [1.807, 2.05) is 6.92 Å². The van der Waals surface area contributed by atoms with Crippen molar-refractivity contribution in [2.75, 3.05) is 6.61 Å². The fourth-order valence-electron chi connectivity index (χ4n) is 1.35. The van der Waals surface area contributed by atoms with Gasteiger partial charge in [-0.15, -0.1) is 0 Å². The first-order valence-electron chi connectivity index (χ1n) is 4.99. The number of benzene rings is 1. The molecule has 0 saturated heterocycles. The summed E-state index contributed by atoms with van der Waals surface area (Å²) in [6, 6.07) is 4.29. The zero-order valence-corrected chi connectivity index (χ0v) is 9.93. The molecule has 0 radical (unpaired) electrons. The second-order valence-corrected chi connectivity index (χ2v) is 4.27.